The number of nitrogens with one attached hydrogen (secondary N) is 1. The van der Waals surface area contributed by atoms with E-state index in [1.54, 1.807) is 18.5 Å². The molecule has 1 N–H and O–H groups in total. The van der Waals surface area contributed by atoms with Crippen molar-refractivity contribution >= 4 is 29.1 Å². The third kappa shape index (κ3) is 5.93. The highest BCUT2D eigenvalue weighted by atomic mass is 32.2. The molecule has 0 spiro atoms. The number of hydrogen-bond donors (Lipinski definition) is 1. The number of Topliss-reactive ketones (excluding diaryl/α,β-unsaturated/α-hetero) is 1. The van der Waals surface area contributed by atoms with Gasteiger partial charge in [-0.15, -0.1) is 11.8 Å². The van der Waals surface area contributed by atoms with E-state index in [1.165, 1.54) is 17.3 Å². The van der Waals surface area contributed by atoms with Crippen LogP contribution in [0.5, 0.6) is 0 Å². The Morgan fingerprint density at radius 1 is 0.750 bits per heavy atom. The van der Waals surface area contributed by atoms with Crippen molar-refractivity contribution in [3.63, 3.8) is 0 Å². The van der Waals surface area contributed by atoms with Crippen molar-refractivity contribution in [1.29, 1.82) is 0 Å². The Morgan fingerprint density at radius 2 is 1.44 bits per heavy atom. The highest BCUT2D eigenvalue weighted by Crippen LogP contribution is 2.21. The van der Waals surface area contributed by atoms with Gasteiger partial charge in [0.15, 0.2) is 5.78 Å². The Kier molecular flexibility index (Phi) is 7.10. The van der Waals surface area contributed by atoms with Crippen LogP contribution < -0.4 is 5.32 Å². The maximum atomic E-state index is 12.7. The van der Waals surface area contributed by atoms with E-state index in [0.717, 1.165) is 22.6 Å². The number of carbonyl (C=O) groups excluding carboxylic acids is 2. The summed E-state index contributed by atoms with van der Waals surface area (Å²) in [4.78, 5) is 29.9. The predicted molar refractivity (Wildman–Crippen MR) is 129 cm³/mol. The molecule has 0 saturated carbocycles. The SMILES string of the molecule is O=C(CSc1cccc(C(=O)Nc2ccc(Cc3ccncc3)cc2)c1)c1ccccc1. The zero-order valence-corrected chi connectivity index (χ0v) is 18.2. The van der Waals surface area contributed by atoms with Crippen LogP contribution in [0.1, 0.15) is 31.8 Å². The minimum atomic E-state index is -0.177. The summed E-state index contributed by atoms with van der Waals surface area (Å²) in [6, 6.07) is 28.4. The maximum absolute atomic E-state index is 12.7. The summed E-state index contributed by atoms with van der Waals surface area (Å²) in [5.74, 6) is 0.217. The number of ketones is 1. The van der Waals surface area contributed by atoms with E-state index in [9.17, 15) is 9.59 Å². The lowest BCUT2D eigenvalue weighted by molar-refractivity contribution is 0.101. The van der Waals surface area contributed by atoms with Gasteiger partial charge >= 0.3 is 0 Å². The first-order chi connectivity index (χ1) is 15.7. The zero-order chi connectivity index (χ0) is 22.2. The first-order valence-electron chi connectivity index (χ1n) is 10.3. The summed E-state index contributed by atoms with van der Waals surface area (Å²) in [7, 11) is 0. The van der Waals surface area contributed by atoms with Crippen molar-refractivity contribution in [2.75, 3.05) is 11.1 Å². The van der Waals surface area contributed by atoms with Gasteiger partial charge in [-0.25, -0.2) is 0 Å². The third-order valence-electron chi connectivity index (χ3n) is 4.93. The average molecular weight is 439 g/mol. The molecule has 4 nitrogen and oxygen atoms in total. The number of anilines is 1. The molecular formula is C27H22N2O2S. The standard InChI is InChI=1S/C27H22N2O2S/c30-26(22-5-2-1-3-6-22)19-32-25-8-4-7-23(18-25)27(31)29-24-11-9-20(10-12-24)17-21-13-15-28-16-14-21/h1-16,18H,17,19H2,(H,29,31). The molecule has 1 amide bonds. The normalized spacial score (nSPS) is 10.5. The molecule has 1 heterocycles. The smallest absolute Gasteiger partial charge is 0.255 e. The predicted octanol–water partition coefficient (Wildman–Crippen LogP) is 5.90. The fraction of sp³-hybridized carbons (Fsp3) is 0.0741. The fourth-order valence-corrected chi connectivity index (χ4v) is 4.08. The van der Waals surface area contributed by atoms with E-state index < -0.39 is 0 Å². The van der Waals surface area contributed by atoms with Crippen molar-refractivity contribution in [2.45, 2.75) is 11.3 Å². The third-order valence-corrected chi connectivity index (χ3v) is 5.93. The van der Waals surface area contributed by atoms with E-state index >= 15 is 0 Å². The van der Waals surface area contributed by atoms with Gasteiger partial charge in [0.2, 0.25) is 0 Å². The summed E-state index contributed by atoms with van der Waals surface area (Å²) in [6.07, 6.45) is 4.39. The van der Waals surface area contributed by atoms with Crippen LogP contribution in [0.25, 0.3) is 0 Å². The Hall–Kier alpha value is -3.70. The fourth-order valence-electron chi connectivity index (χ4n) is 3.23. The highest BCUT2D eigenvalue weighted by molar-refractivity contribution is 8.00. The van der Waals surface area contributed by atoms with Crippen molar-refractivity contribution in [2.24, 2.45) is 0 Å². The van der Waals surface area contributed by atoms with Crippen molar-refractivity contribution < 1.29 is 9.59 Å². The molecule has 5 heteroatoms. The number of amides is 1. The lowest BCUT2D eigenvalue weighted by Gasteiger charge is -2.08. The second-order valence-electron chi connectivity index (χ2n) is 7.29. The number of rotatable bonds is 8. The number of benzene rings is 3. The average Bonchev–Trinajstić information content (AvgIpc) is 2.85. The van der Waals surface area contributed by atoms with Crippen LogP contribution in [-0.2, 0) is 6.42 Å². The summed E-state index contributed by atoms with van der Waals surface area (Å²) in [6.45, 7) is 0. The van der Waals surface area contributed by atoms with Crippen LogP contribution in [0.3, 0.4) is 0 Å². The van der Waals surface area contributed by atoms with Crippen LogP contribution in [0, 0.1) is 0 Å². The van der Waals surface area contributed by atoms with Crippen molar-refractivity contribution in [3.05, 3.63) is 126 Å². The molecule has 0 fully saturated rings. The summed E-state index contributed by atoms with van der Waals surface area (Å²) >= 11 is 1.43. The van der Waals surface area contributed by atoms with Crippen LogP contribution in [-0.4, -0.2) is 22.4 Å². The number of thioether (sulfide) groups is 1. The minimum absolute atomic E-state index is 0.0670. The van der Waals surface area contributed by atoms with Crippen LogP contribution >= 0.6 is 11.8 Å². The summed E-state index contributed by atoms with van der Waals surface area (Å²) < 4.78 is 0. The number of aromatic nitrogens is 1. The van der Waals surface area contributed by atoms with Gasteiger partial charge in [-0.2, -0.15) is 0 Å². The molecule has 158 valence electrons. The van der Waals surface area contributed by atoms with Gasteiger partial charge in [0.25, 0.3) is 5.91 Å². The molecule has 4 rings (SSSR count). The number of hydrogen-bond acceptors (Lipinski definition) is 4. The van der Waals surface area contributed by atoms with Gasteiger partial charge in [-0.1, -0.05) is 48.5 Å². The van der Waals surface area contributed by atoms with Gasteiger partial charge in [0.1, 0.15) is 0 Å². The van der Waals surface area contributed by atoms with Crippen LogP contribution in [0.4, 0.5) is 5.69 Å². The van der Waals surface area contributed by atoms with Gasteiger partial charge in [0, 0.05) is 34.1 Å². The van der Waals surface area contributed by atoms with Crippen LogP contribution in [0.2, 0.25) is 0 Å². The molecule has 32 heavy (non-hydrogen) atoms. The lowest BCUT2D eigenvalue weighted by Crippen LogP contribution is -2.12. The molecule has 0 aliphatic carbocycles. The second kappa shape index (κ2) is 10.6. The lowest BCUT2D eigenvalue weighted by atomic mass is 10.1. The maximum Gasteiger partial charge on any atom is 0.255 e. The number of carbonyl (C=O) groups is 2. The van der Waals surface area contributed by atoms with Gasteiger partial charge < -0.3 is 5.32 Å². The highest BCUT2D eigenvalue weighted by Gasteiger charge is 2.10. The molecule has 4 aromatic rings. The van der Waals surface area contributed by atoms with E-state index in [-0.39, 0.29) is 11.7 Å². The minimum Gasteiger partial charge on any atom is -0.322 e. The molecule has 1 aromatic heterocycles. The largest absolute Gasteiger partial charge is 0.322 e. The van der Waals surface area contributed by atoms with Gasteiger partial charge in [-0.05, 0) is 60.0 Å². The summed E-state index contributed by atoms with van der Waals surface area (Å²) in [5, 5.41) is 2.94. The Morgan fingerprint density at radius 3 is 2.19 bits per heavy atom. The van der Waals surface area contributed by atoms with Gasteiger partial charge in [-0.3, -0.25) is 14.6 Å². The van der Waals surface area contributed by atoms with E-state index in [2.05, 4.69) is 10.3 Å². The molecule has 0 atom stereocenters. The Bertz CT molecular complexity index is 1190. The van der Waals surface area contributed by atoms with E-state index in [4.69, 9.17) is 0 Å². The quantitative estimate of drug-likeness (QED) is 0.275. The van der Waals surface area contributed by atoms with E-state index in [0.29, 0.717) is 16.9 Å². The molecule has 0 bridgehead atoms. The number of nitrogens with zero attached hydrogens (tertiary/aromatic N) is 1. The molecule has 0 saturated heterocycles. The molecule has 0 aliphatic heterocycles. The molecule has 0 aliphatic rings. The Balaban J connectivity index is 1.35. The van der Waals surface area contributed by atoms with Crippen molar-refractivity contribution in [3.8, 4) is 0 Å². The van der Waals surface area contributed by atoms with Gasteiger partial charge in [0.05, 0.1) is 5.75 Å². The van der Waals surface area contributed by atoms with Crippen LogP contribution in [0.15, 0.2) is 108 Å². The summed E-state index contributed by atoms with van der Waals surface area (Å²) in [5.41, 5.74) is 4.35. The van der Waals surface area contributed by atoms with Crippen molar-refractivity contribution in [1.82, 2.24) is 4.98 Å². The molecule has 3 aromatic carbocycles. The molecular weight excluding hydrogens is 416 g/mol. The first kappa shape index (κ1) is 21.5. The number of pyridine rings is 1. The second-order valence-corrected chi connectivity index (χ2v) is 8.34. The zero-order valence-electron chi connectivity index (χ0n) is 17.4. The monoisotopic (exact) mass is 438 g/mol. The topological polar surface area (TPSA) is 59.1 Å². The molecule has 0 radical (unpaired) electrons. The van der Waals surface area contributed by atoms with E-state index in [1.807, 2.05) is 84.9 Å². The Labute approximate surface area is 191 Å². The first-order valence-corrected chi connectivity index (χ1v) is 11.3. The molecule has 0 unspecified atom stereocenters.